The van der Waals surface area contributed by atoms with E-state index in [9.17, 15) is 9.50 Å². The van der Waals surface area contributed by atoms with E-state index in [4.69, 9.17) is 4.74 Å². The molecule has 3 atom stereocenters. The molecule has 110 valence electrons. The van der Waals surface area contributed by atoms with Crippen LogP contribution in [-0.4, -0.2) is 41.5 Å². The third kappa shape index (κ3) is 2.52. The Balaban J connectivity index is 1.83. The second-order valence-corrected chi connectivity index (χ2v) is 6.03. The van der Waals surface area contributed by atoms with Gasteiger partial charge in [0, 0.05) is 25.1 Å². The van der Waals surface area contributed by atoms with Crippen molar-refractivity contribution in [2.75, 3.05) is 24.7 Å². The van der Waals surface area contributed by atoms with E-state index in [1.54, 1.807) is 6.07 Å². The van der Waals surface area contributed by atoms with Crippen molar-refractivity contribution in [3.05, 3.63) is 24.1 Å². The molecule has 0 saturated carbocycles. The number of pyridine rings is 1. The van der Waals surface area contributed by atoms with Crippen LogP contribution in [0, 0.1) is 11.7 Å². The molecule has 2 fully saturated rings. The Morgan fingerprint density at radius 2 is 2.35 bits per heavy atom. The van der Waals surface area contributed by atoms with Crippen molar-refractivity contribution in [2.24, 2.45) is 5.92 Å². The highest BCUT2D eigenvalue weighted by molar-refractivity contribution is 5.41. The van der Waals surface area contributed by atoms with Gasteiger partial charge in [0.25, 0.3) is 0 Å². The van der Waals surface area contributed by atoms with Gasteiger partial charge in [-0.1, -0.05) is 0 Å². The minimum absolute atomic E-state index is 0.0746. The summed E-state index contributed by atoms with van der Waals surface area (Å²) in [6, 6.07) is 3.36. The van der Waals surface area contributed by atoms with Gasteiger partial charge in [0.05, 0.1) is 18.4 Å². The second-order valence-electron chi connectivity index (χ2n) is 6.03. The van der Waals surface area contributed by atoms with Crippen LogP contribution in [0.2, 0.25) is 0 Å². The third-order valence-corrected chi connectivity index (χ3v) is 4.62. The van der Waals surface area contributed by atoms with Crippen LogP contribution in [-0.2, 0) is 4.74 Å². The van der Waals surface area contributed by atoms with E-state index in [-0.39, 0.29) is 17.8 Å². The summed E-state index contributed by atoms with van der Waals surface area (Å²) in [5.74, 6) is 0.540. The van der Waals surface area contributed by atoms with Gasteiger partial charge in [-0.15, -0.1) is 0 Å². The molecular formula is C15H21FN2O2. The first-order valence-electron chi connectivity index (χ1n) is 7.26. The summed E-state index contributed by atoms with van der Waals surface area (Å²) in [6.07, 6.45) is 4.00. The molecule has 0 bridgehead atoms. The number of hydrogen-bond acceptors (Lipinski definition) is 4. The average molecular weight is 280 g/mol. The molecular weight excluding hydrogens is 259 g/mol. The Kier molecular flexibility index (Phi) is 3.65. The van der Waals surface area contributed by atoms with Crippen molar-refractivity contribution >= 4 is 5.82 Å². The molecule has 3 heterocycles. The van der Waals surface area contributed by atoms with E-state index in [0.717, 1.165) is 25.2 Å². The number of aromatic nitrogens is 1. The van der Waals surface area contributed by atoms with Crippen LogP contribution in [0.5, 0.6) is 0 Å². The topological polar surface area (TPSA) is 45.6 Å². The van der Waals surface area contributed by atoms with Crippen LogP contribution in [0.1, 0.15) is 26.2 Å². The minimum atomic E-state index is -0.703. The lowest BCUT2D eigenvalue weighted by Crippen LogP contribution is -2.52. The Labute approximate surface area is 118 Å². The molecule has 1 N–H and O–H groups in total. The van der Waals surface area contributed by atoms with E-state index in [1.807, 2.05) is 6.92 Å². The molecule has 0 unspecified atom stereocenters. The zero-order chi connectivity index (χ0) is 14.2. The molecule has 1 aromatic rings. The zero-order valence-electron chi connectivity index (χ0n) is 11.8. The maximum Gasteiger partial charge on any atom is 0.141 e. The van der Waals surface area contributed by atoms with Crippen LogP contribution in [0.4, 0.5) is 10.2 Å². The highest BCUT2D eigenvalue weighted by atomic mass is 19.1. The Hall–Kier alpha value is -1.20. The monoisotopic (exact) mass is 280 g/mol. The molecule has 5 heteroatoms. The number of hydrogen-bond donors (Lipinski definition) is 1. The smallest absolute Gasteiger partial charge is 0.141 e. The van der Waals surface area contributed by atoms with Crippen LogP contribution in [0.25, 0.3) is 0 Å². The first-order chi connectivity index (χ1) is 9.58. The van der Waals surface area contributed by atoms with Gasteiger partial charge in [0.2, 0.25) is 0 Å². The van der Waals surface area contributed by atoms with Crippen LogP contribution in [0.15, 0.2) is 18.3 Å². The average Bonchev–Trinajstić information content (AvgIpc) is 2.88. The molecule has 0 amide bonds. The molecule has 0 spiro atoms. The summed E-state index contributed by atoms with van der Waals surface area (Å²) in [7, 11) is 0. The maximum atomic E-state index is 13.0. The van der Waals surface area contributed by atoms with Gasteiger partial charge in [0.1, 0.15) is 11.6 Å². The summed E-state index contributed by atoms with van der Waals surface area (Å²) in [4.78, 5) is 6.37. The molecule has 20 heavy (non-hydrogen) atoms. The van der Waals surface area contributed by atoms with Gasteiger partial charge in [-0.25, -0.2) is 9.37 Å². The molecule has 0 aliphatic carbocycles. The van der Waals surface area contributed by atoms with Crippen LogP contribution in [0.3, 0.4) is 0 Å². The van der Waals surface area contributed by atoms with Gasteiger partial charge in [0.15, 0.2) is 0 Å². The van der Waals surface area contributed by atoms with E-state index in [0.29, 0.717) is 19.6 Å². The molecule has 0 aromatic carbocycles. The van der Waals surface area contributed by atoms with E-state index in [1.165, 1.54) is 12.3 Å². The fourth-order valence-corrected chi connectivity index (χ4v) is 3.41. The predicted molar refractivity (Wildman–Crippen MR) is 74.1 cm³/mol. The summed E-state index contributed by atoms with van der Waals surface area (Å²) in [5.41, 5.74) is -0.703. The van der Waals surface area contributed by atoms with Crippen molar-refractivity contribution in [3.63, 3.8) is 0 Å². The number of rotatable bonds is 2. The summed E-state index contributed by atoms with van der Waals surface area (Å²) < 4.78 is 18.6. The standard InChI is InChI=1S/C15H21FN2O2/c1-15(19)6-8-20-10-12(15)13-3-2-7-18(13)14-5-4-11(16)9-17-14/h4-5,9,12-13,19H,2-3,6-8,10H2,1H3/t12-,13-,15-/m0/s1. The zero-order valence-corrected chi connectivity index (χ0v) is 11.8. The predicted octanol–water partition coefficient (Wildman–Crippen LogP) is 1.98. The Morgan fingerprint density at radius 1 is 1.50 bits per heavy atom. The van der Waals surface area contributed by atoms with Crippen molar-refractivity contribution in [2.45, 2.75) is 37.8 Å². The first kappa shape index (κ1) is 13.8. The SMILES string of the molecule is C[C@]1(O)CCOC[C@H]1[C@@H]1CCCN1c1ccc(F)cn1. The Bertz CT molecular complexity index is 463. The molecule has 2 aliphatic rings. The summed E-state index contributed by atoms with van der Waals surface area (Å²) in [6.45, 7) is 3.99. The highest BCUT2D eigenvalue weighted by Crippen LogP contribution is 2.37. The fraction of sp³-hybridized carbons (Fsp3) is 0.667. The van der Waals surface area contributed by atoms with Gasteiger partial charge >= 0.3 is 0 Å². The summed E-state index contributed by atoms with van der Waals surface area (Å²) >= 11 is 0. The largest absolute Gasteiger partial charge is 0.390 e. The lowest BCUT2D eigenvalue weighted by Gasteiger charge is -2.43. The number of aliphatic hydroxyl groups is 1. The molecule has 0 radical (unpaired) electrons. The van der Waals surface area contributed by atoms with Crippen LogP contribution >= 0.6 is 0 Å². The lowest BCUT2D eigenvalue weighted by molar-refractivity contribution is -0.108. The van der Waals surface area contributed by atoms with Gasteiger partial charge in [-0.2, -0.15) is 0 Å². The van der Waals surface area contributed by atoms with Gasteiger partial charge in [-0.3, -0.25) is 0 Å². The molecule has 1 aromatic heterocycles. The first-order valence-corrected chi connectivity index (χ1v) is 7.26. The van der Waals surface area contributed by atoms with E-state index >= 15 is 0 Å². The molecule has 4 nitrogen and oxygen atoms in total. The highest BCUT2D eigenvalue weighted by Gasteiger charge is 2.44. The minimum Gasteiger partial charge on any atom is -0.390 e. The van der Waals surface area contributed by atoms with Gasteiger partial charge in [-0.05, 0) is 38.3 Å². The molecule has 3 rings (SSSR count). The Morgan fingerprint density at radius 3 is 3.05 bits per heavy atom. The van der Waals surface area contributed by atoms with Crippen molar-refractivity contribution in [1.29, 1.82) is 0 Å². The van der Waals surface area contributed by atoms with Crippen molar-refractivity contribution < 1.29 is 14.2 Å². The number of anilines is 1. The maximum absolute atomic E-state index is 13.0. The van der Waals surface area contributed by atoms with Crippen LogP contribution < -0.4 is 4.90 Å². The van der Waals surface area contributed by atoms with Crippen molar-refractivity contribution in [3.8, 4) is 0 Å². The van der Waals surface area contributed by atoms with Gasteiger partial charge < -0.3 is 14.7 Å². The quantitative estimate of drug-likeness (QED) is 0.899. The summed E-state index contributed by atoms with van der Waals surface area (Å²) in [5, 5.41) is 10.6. The van der Waals surface area contributed by atoms with E-state index in [2.05, 4.69) is 9.88 Å². The van der Waals surface area contributed by atoms with E-state index < -0.39 is 5.60 Å². The normalized spacial score (nSPS) is 34.5. The van der Waals surface area contributed by atoms with Crippen molar-refractivity contribution in [1.82, 2.24) is 4.98 Å². The number of ether oxygens (including phenoxy) is 1. The molecule has 2 saturated heterocycles. The number of nitrogens with zero attached hydrogens (tertiary/aromatic N) is 2. The molecule has 2 aliphatic heterocycles. The second kappa shape index (κ2) is 5.30. The third-order valence-electron chi connectivity index (χ3n) is 4.62. The fourth-order valence-electron chi connectivity index (χ4n) is 3.41. The lowest BCUT2D eigenvalue weighted by atomic mass is 9.79. The number of halogens is 1.